The van der Waals surface area contributed by atoms with E-state index in [0.717, 1.165) is 6.42 Å². The van der Waals surface area contributed by atoms with E-state index >= 15 is 0 Å². The second-order valence-electron chi connectivity index (χ2n) is 5.38. The standard InChI is InChI=1S/C14H22ClNO3S/c1-10(2)7-11(9-17)16-8-12-13(15)5-4-6-14(12)20(3,18)19/h4-6,10-11,16-17H,7-9H2,1-3H3. The lowest BCUT2D eigenvalue weighted by Gasteiger charge is -2.19. The van der Waals surface area contributed by atoms with E-state index in [0.29, 0.717) is 23.0 Å². The maximum Gasteiger partial charge on any atom is 0.175 e. The van der Waals surface area contributed by atoms with Gasteiger partial charge in [0.1, 0.15) is 0 Å². The molecule has 20 heavy (non-hydrogen) atoms. The molecule has 0 aliphatic heterocycles. The number of aliphatic hydroxyl groups excluding tert-OH is 1. The van der Waals surface area contributed by atoms with Crippen LogP contribution in [0.4, 0.5) is 0 Å². The van der Waals surface area contributed by atoms with Gasteiger partial charge >= 0.3 is 0 Å². The minimum atomic E-state index is -3.32. The Morgan fingerprint density at radius 1 is 1.35 bits per heavy atom. The Balaban J connectivity index is 2.92. The third-order valence-corrected chi connectivity index (χ3v) is 4.55. The zero-order chi connectivity index (χ0) is 15.3. The van der Waals surface area contributed by atoms with Gasteiger partial charge in [-0.05, 0) is 24.5 Å². The van der Waals surface area contributed by atoms with Gasteiger partial charge in [0.2, 0.25) is 0 Å². The molecule has 0 heterocycles. The van der Waals surface area contributed by atoms with Gasteiger partial charge < -0.3 is 10.4 Å². The summed E-state index contributed by atoms with van der Waals surface area (Å²) >= 11 is 6.10. The number of rotatable bonds is 7. The summed E-state index contributed by atoms with van der Waals surface area (Å²) < 4.78 is 23.5. The van der Waals surface area contributed by atoms with Crippen molar-refractivity contribution in [3.8, 4) is 0 Å². The van der Waals surface area contributed by atoms with Crippen molar-refractivity contribution in [3.05, 3.63) is 28.8 Å². The normalized spacial score (nSPS) is 13.7. The summed E-state index contributed by atoms with van der Waals surface area (Å²) in [6.45, 7) is 4.47. The van der Waals surface area contributed by atoms with Gasteiger partial charge in [0.15, 0.2) is 9.84 Å². The average molecular weight is 320 g/mol. The molecule has 1 aromatic rings. The van der Waals surface area contributed by atoms with E-state index in [9.17, 15) is 13.5 Å². The lowest BCUT2D eigenvalue weighted by molar-refractivity contribution is 0.223. The number of hydrogen-bond donors (Lipinski definition) is 2. The van der Waals surface area contributed by atoms with E-state index in [-0.39, 0.29) is 17.5 Å². The topological polar surface area (TPSA) is 66.4 Å². The third kappa shape index (κ3) is 5.05. The molecule has 0 fully saturated rings. The number of halogens is 1. The summed E-state index contributed by atoms with van der Waals surface area (Å²) in [6.07, 6.45) is 1.98. The SMILES string of the molecule is CC(C)CC(CO)NCc1c(Cl)cccc1S(C)(=O)=O. The average Bonchev–Trinajstić information content (AvgIpc) is 2.33. The summed E-state index contributed by atoms with van der Waals surface area (Å²) in [5.74, 6) is 0.445. The van der Waals surface area contributed by atoms with Gasteiger partial charge in [-0.15, -0.1) is 0 Å². The van der Waals surface area contributed by atoms with Crippen molar-refractivity contribution in [1.29, 1.82) is 0 Å². The predicted molar refractivity (Wildman–Crippen MR) is 81.7 cm³/mol. The number of nitrogens with one attached hydrogen (secondary N) is 1. The van der Waals surface area contributed by atoms with Crippen LogP contribution in [0.2, 0.25) is 5.02 Å². The molecule has 6 heteroatoms. The van der Waals surface area contributed by atoms with Gasteiger partial charge in [-0.2, -0.15) is 0 Å². The third-order valence-electron chi connectivity index (χ3n) is 3.02. The van der Waals surface area contributed by atoms with Gasteiger partial charge in [-0.25, -0.2) is 8.42 Å². The molecule has 0 saturated heterocycles. The molecule has 0 saturated carbocycles. The largest absolute Gasteiger partial charge is 0.395 e. The smallest absolute Gasteiger partial charge is 0.175 e. The van der Waals surface area contributed by atoms with E-state index in [1.807, 2.05) is 0 Å². The molecule has 1 rings (SSSR count). The maximum atomic E-state index is 11.8. The minimum Gasteiger partial charge on any atom is -0.395 e. The molecular weight excluding hydrogens is 298 g/mol. The van der Waals surface area contributed by atoms with Crippen LogP contribution in [0.1, 0.15) is 25.8 Å². The van der Waals surface area contributed by atoms with Crippen LogP contribution in [0.15, 0.2) is 23.1 Å². The monoisotopic (exact) mass is 319 g/mol. The van der Waals surface area contributed by atoms with Crippen LogP contribution < -0.4 is 5.32 Å². The highest BCUT2D eigenvalue weighted by Crippen LogP contribution is 2.24. The molecule has 0 aromatic heterocycles. The Hall–Kier alpha value is -0.620. The first kappa shape index (κ1) is 17.4. The Kier molecular flexibility index (Phi) is 6.45. The van der Waals surface area contributed by atoms with Gasteiger partial charge in [0, 0.05) is 29.4 Å². The van der Waals surface area contributed by atoms with Crippen LogP contribution in [0.25, 0.3) is 0 Å². The number of hydrogen-bond acceptors (Lipinski definition) is 4. The highest BCUT2D eigenvalue weighted by molar-refractivity contribution is 7.90. The molecule has 0 amide bonds. The molecule has 0 aliphatic carbocycles. The molecule has 0 radical (unpaired) electrons. The highest BCUT2D eigenvalue weighted by Gasteiger charge is 2.17. The van der Waals surface area contributed by atoms with Crippen LogP contribution >= 0.6 is 11.6 Å². The Bertz CT molecular complexity index is 543. The van der Waals surface area contributed by atoms with E-state index in [1.54, 1.807) is 18.2 Å². The van der Waals surface area contributed by atoms with E-state index in [2.05, 4.69) is 19.2 Å². The van der Waals surface area contributed by atoms with Gasteiger partial charge in [0.25, 0.3) is 0 Å². The van der Waals surface area contributed by atoms with Gasteiger partial charge in [-0.1, -0.05) is 31.5 Å². The second kappa shape index (κ2) is 7.41. The molecule has 2 N–H and O–H groups in total. The first-order valence-electron chi connectivity index (χ1n) is 6.57. The second-order valence-corrected chi connectivity index (χ2v) is 7.77. The summed E-state index contributed by atoms with van der Waals surface area (Å²) in [6, 6.07) is 4.77. The van der Waals surface area contributed by atoms with Crippen molar-refractivity contribution in [1.82, 2.24) is 5.32 Å². The summed E-state index contributed by atoms with van der Waals surface area (Å²) in [5, 5.41) is 12.9. The zero-order valence-corrected chi connectivity index (χ0v) is 13.6. The quantitative estimate of drug-likeness (QED) is 0.809. The zero-order valence-electron chi connectivity index (χ0n) is 12.1. The van der Waals surface area contributed by atoms with Crippen molar-refractivity contribution >= 4 is 21.4 Å². The molecule has 1 unspecified atom stereocenters. The van der Waals surface area contributed by atoms with Crippen LogP contribution in [0.3, 0.4) is 0 Å². The summed E-state index contributed by atoms with van der Waals surface area (Å²) in [4.78, 5) is 0.235. The maximum absolute atomic E-state index is 11.8. The van der Waals surface area contributed by atoms with Crippen LogP contribution in [0.5, 0.6) is 0 Å². The van der Waals surface area contributed by atoms with E-state index in [1.165, 1.54) is 6.26 Å². The lowest BCUT2D eigenvalue weighted by Crippen LogP contribution is -2.33. The predicted octanol–water partition coefficient (Wildman–Crippen LogP) is 2.24. The van der Waals surface area contributed by atoms with Crippen LogP contribution in [-0.2, 0) is 16.4 Å². The molecule has 4 nitrogen and oxygen atoms in total. The molecular formula is C14H22ClNO3S. The first-order valence-corrected chi connectivity index (χ1v) is 8.84. The molecule has 1 atom stereocenters. The molecule has 1 aromatic carbocycles. The van der Waals surface area contributed by atoms with E-state index < -0.39 is 9.84 Å². The molecule has 114 valence electrons. The fourth-order valence-corrected chi connectivity index (χ4v) is 3.35. The molecule has 0 aliphatic rings. The fraction of sp³-hybridized carbons (Fsp3) is 0.571. The summed E-state index contributed by atoms with van der Waals surface area (Å²) in [7, 11) is -3.32. The number of aliphatic hydroxyl groups is 1. The van der Waals surface area contributed by atoms with Crippen molar-refractivity contribution in [2.75, 3.05) is 12.9 Å². The van der Waals surface area contributed by atoms with Crippen molar-refractivity contribution in [3.63, 3.8) is 0 Å². The first-order chi connectivity index (χ1) is 9.25. The Morgan fingerprint density at radius 2 is 2.00 bits per heavy atom. The number of benzene rings is 1. The Labute approximate surface area is 126 Å². The molecule has 0 spiro atoms. The van der Waals surface area contributed by atoms with Crippen molar-refractivity contribution in [2.45, 2.75) is 37.8 Å². The van der Waals surface area contributed by atoms with Crippen molar-refractivity contribution in [2.24, 2.45) is 5.92 Å². The number of sulfone groups is 1. The fourth-order valence-electron chi connectivity index (χ4n) is 2.10. The summed E-state index contributed by atoms with van der Waals surface area (Å²) in [5.41, 5.74) is 0.555. The lowest BCUT2D eigenvalue weighted by atomic mass is 10.0. The van der Waals surface area contributed by atoms with Crippen LogP contribution in [0, 0.1) is 5.92 Å². The van der Waals surface area contributed by atoms with Gasteiger partial charge in [-0.3, -0.25) is 0 Å². The highest BCUT2D eigenvalue weighted by atomic mass is 35.5. The molecule has 0 bridgehead atoms. The van der Waals surface area contributed by atoms with E-state index in [4.69, 9.17) is 11.6 Å². The van der Waals surface area contributed by atoms with Gasteiger partial charge in [0.05, 0.1) is 11.5 Å². The Morgan fingerprint density at radius 3 is 2.50 bits per heavy atom. The van der Waals surface area contributed by atoms with Crippen LogP contribution in [-0.4, -0.2) is 32.4 Å². The van der Waals surface area contributed by atoms with Crippen molar-refractivity contribution < 1.29 is 13.5 Å². The minimum absolute atomic E-state index is 0.0108.